The number of halogens is 3. The third kappa shape index (κ3) is 1.67. The lowest BCUT2D eigenvalue weighted by atomic mass is 10.7. The third-order valence-electron chi connectivity index (χ3n) is 0.460. The summed E-state index contributed by atoms with van der Waals surface area (Å²) < 4.78 is 33.0. The molecule has 0 aromatic rings. The summed E-state index contributed by atoms with van der Waals surface area (Å²) in [6, 6.07) is 0. The Morgan fingerprint density at radius 1 is 1.12 bits per heavy atom. The van der Waals surface area contributed by atoms with Crippen LogP contribution in [0.25, 0.3) is 0 Å². The molecule has 2 nitrogen and oxygen atoms in total. The number of hydrogen-bond donors (Lipinski definition) is 0. The van der Waals surface area contributed by atoms with Crippen molar-refractivity contribution in [2.24, 2.45) is 0 Å². The first-order chi connectivity index (χ1) is 3.11. The Balaban J connectivity index is 0.000000490. The van der Waals surface area contributed by atoms with E-state index < -0.39 is 12.5 Å². The van der Waals surface area contributed by atoms with Crippen LogP contribution >= 0.6 is 0 Å². The van der Waals surface area contributed by atoms with Crippen molar-refractivity contribution in [1.29, 1.82) is 0 Å². The van der Waals surface area contributed by atoms with Crippen LogP contribution in [0.15, 0.2) is 0 Å². The Bertz CT molecular complexity index is 75.1. The van der Waals surface area contributed by atoms with Gasteiger partial charge in [-0.25, -0.2) is 0 Å². The highest BCUT2D eigenvalue weighted by Gasteiger charge is 2.53. The van der Waals surface area contributed by atoms with Crippen LogP contribution in [-0.4, -0.2) is 12.5 Å². The zero-order valence-corrected chi connectivity index (χ0v) is 3.03. The Morgan fingerprint density at radius 3 is 1.50 bits per heavy atom. The fraction of sp³-hybridized carbons (Fsp3) is 1.00. The molecule has 8 heavy (non-hydrogen) atoms. The van der Waals surface area contributed by atoms with Crippen molar-refractivity contribution in [3.63, 3.8) is 0 Å². The molecule has 0 spiro atoms. The van der Waals surface area contributed by atoms with Crippen molar-refractivity contribution in [3.8, 4) is 0 Å². The molecule has 0 aliphatic carbocycles. The van der Waals surface area contributed by atoms with Crippen molar-refractivity contribution in [1.82, 2.24) is 0 Å². The van der Waals surface area contributed by atoms with Gasteiger partial charge in [0.1, 0.15) is 0 Å². The fourth-order valence-electron chi connectivity index (χ4n) is 0.137. The predicted octanol–water partition coefficient (Wildman–Crippen LogP) is 1.47. The number of hydrogen-bond acceptors (Lipinski definition) is 2. The van der Waals surface area contributed by atoms with Crippen molar-refractivity contribution >= 4 is 0 Å². The largest absolute Gasteiger partial charge is 0.446 e. The Labute approximate surface area is 44.1 Å². The SMILES string of the molecule is C.FC(F)(F)C1OO1. The topological polar surface area (TPSA) is 25.1 Å². The van der Waals surface area contributed by atoms with Crippen molar-refractivity contribution in [3.05, 3.63) is 0 Å². The van der Waals surface area contributed by atoms with Crippen LogP contribution in [0.3, 0.4) is 0 Å². The Kier molecular flexibility index (Phi) is 1.84. The van der Waals surface area contributed by atoms with Gasteiger partial charge in [-0.3, -0.25) is 0 Å². The van der Waals surface area contributed by atoms with Crippen LogP contribution in [-0.2, 0) is 9.78 Å². The van der Waals surface area contributed by atoms with Crippen molar-refractivity contribution in [2.45, 2.75) is 19.9 Å². The third-order valence-corrected chi connectivity index (χ3v) is 0.460. The van der Waals surface area contributed by atoms with E-state index in [2.05, 4.69) is 9.78 Å². The van der Waals surface area contributed by atoms with Gasteiger partial charge in [-0.1, -0.05) is 7.43 Å². The van der Waals surface area contributed by atoms with E-state index in [0.29, 0.717) is 0 Å². The Morgan fingerprint density at radius 2 is 1.50 bits per heavy atom. The van der Waals surface area contributed by atoms with Gasteiger partial charge in [-0.05, 0) is 0 Å². The second-order valence-electron chi connectivity index (χ2n) is 1.07. The molecule has 5 heteroatoms. The van der Waals surface area contributed by atoms with Crippen LogP contribution in [0.4, 0.5) is 13.2 Å². The smallest absolute Gasteiger partial charge is 0.188 e. The molecule has 1 fully saturated rings. The highest BCUT2D eigenvalue weighted by Crippen LogP contribution is 2.32. The van der Waals surface area contributed by atoms with E-state index >= 15 is 0 Å². The summed E-state index contributed by atoms with van der Waals surface area (Å²) in [7, 11) is 0. The molecule has 1 aliphatic heterocycles. The lowest BCUT2D eigenvalue weighted by Gasteiger charge is -1.92. The summed E-state index contributed by atoms with van der Waals surface area (Å²) in [6.45, 7) is 0. The minimum Gasteiger partial charge on any atom is -0.188 e. The Hall–Kier alpha value is -0.290. The average Bonchev–Trinajstić information content (AvgIpc) is 1.99. The highest BCUT2D eigenvalue weighted by molar-refractivity contribution is 4.57. The fourth-order valence-corrected chi connectivity index (χ4v) is 0.137. The average molecular weight is 130 g/mol. The van der Waals surface area contributed by atoms with Crippen molar-refractivity contribution in [2.75, 3.05) is 0 Å². The van der Waals surface area contributed by atoms with E-state index in [1.165, 1.54) is 0 Å². The first-order valence-electron chi connectivity index (χ1n) is 1.49. The summed E-state index contributed by atoms with van der Waals surface area (Å²) in [6.07, 6.45) is -6.28. The minimum atomic E-state index is -4.33. The zero-order chi connectivity index (χ0) is 5.49. The first-order valence-corrected chi connectivity index (χ1v) is 1.49. The summed E-state index contributed by atoms with van der Waals surface area (Å²) >= 11 is 0. The molecule has 0 aromatic carbocycles. The van der Waals surface area contributed by atoms with Gasteiger partial charge in [-0.15, -0.1) is 0 Å². The predicted molar refractivity (Wildman–Crippen MR) is 18.7 cm³/mol. The molecule has 1 rings (SSSR count). The molecule has 0 unspecified atom stereocenters. The second-order valence-corrected chi connectivity index (χ2v) is 1.07. The van der Waals surface area contributed by atoms with E-state index in [1.807, 2.05) is 0 Å². The standard InChI is InChI=1S/C2HF3O2.CH4/c3-2(4,5)1-6-7-1;/h1H;1H4. The molecule has 1 heterocycles. The van der Waals surface area contributed by atoms with Gasteiger partial charge in [0.05, 0.1) is 0 Å². The monoisotopic (exact) mass is 130 g/mol. The lowest BCUT2D eigenvalue weighted by molar-refractivity contribution is -0.151. The second kappa shape index (κ2) is 1.91. The summed E-state index contributed by atoms with van der Waals surface area (Å²) in [5.74, 6) is 0. The highest BCUT2D eigenvalue weighted by atomic mass is 19.4. The molecule has 0 radical (unpaired) electrons. The van der Waals surface area contributed by atoms with E-state index in [0.717, 1.165) is 0 Å². The van der Waals surface area contributed by atoms with E-state index in [9.17, 15) is 13.2 Å². The molecular weight excluding hydrogens is 125 g/mol. The maximum atomic E-state index is 11.0. The van der Waals surface area contributed by atoms with E-state index in [4.69, 9.17) is 0 Å². The molecule has 0 bridgehead atoms. The normalized spacial score (nSPS) is 19.9. The van der Waals surface area contributed by atoms with Crippen LogP contribution in [0.5, 0.6) is 0 Å². The number of alkyl halides is 3. The van der Waals surface area contributed by atoms with Crippen LogP contribution in [0.1, 0.15) is 7.43 Å². The molecular formula is C3H5F3O2. The molecule has 0 saturated carbocycles. The molecule has 0 N–H and O–H groups in total. The van der Waals surface area contributed by atoms with Crippen LogP contribution in [0.2, 0.25) is 0 Å². The minimum absolute atomic E-state index is 0. The van der Waals surface area contributed by atoms with Crippen LogP contribution in [0, 0.1) is 0 Å². The molecule has 0 atom stereocenters. The van der Waals surface area contributed by atoms with Gasteiger partial charge in [0.2, 0.25) is 0 Å². The van der Waals surface area contributed by atoms with Gasteiger partial charge in [0.25, 0.3) is 0 Å². The molecule has 0 amide bonds. The molecule has 0 aromatic heterocycles. The number of rotatable bonds is 0. The van der Waals surface area contributed by atoms with E-state index in [1.54, 1.807) is 0 Å². The summed E-state index contributed by atoms with van der Waals surface area (Å²) in [5.41, 5.74) is 0. The van der Waals surface area contributed by atoms with Crippen LogP contribution < -0.4 is 0 Å². The van der Waals surface area contributed by atoms with Gasteiger partial charge < -0.3 is 0 Å². The first kappa shape index (κ1) is 7.71. The van der Waals surface area contributed by atoms with Gasteiger partial charge in [-0.2, -0.15) is 22.9 Å². The van der Waals surface area contributed by atoms with Gasteiger partial charge in [0.15, 0.2) is 0 Å². The quantitative estimate of drug-likeness (QED) is 0.366. The molecule has 1 aliphatic rings. The van der Waals surface area contributed by atoms with E-state index in [-0.39, 0.29) is 7.43 Å². The molecule has 50 valence electrons. The maximum Gasteiger partial charge on any atom is 0.446 e. The maximum absolute atomic E-state index is 11.0. The molecule has 1 saturated heterocycles. The lowest BCUT2D eigenvalue weighted by Crippen LogP contribution is -2.15. The summed E-state index contributed by atoms with van der Waals surface area (Å²) in [5, 5.41) is 0. The zero-order valence-electron chi connectivity index (χ0n) is 3.03. The van der Waals surface area contributed by atoms with Gasteiger partial charge in [0, 0.05) is 0 Å². The summed E-state index contributed by atoms with van der Waals surface area (Å²) in [4.78, 5) is 6.90. The van der Waals surface area contributed by atoms with Gasteiger partial charge >= 0.3 is 12.5 Å². The van der Waals surface area contributed by atoms with Crippen molar-refractivity contribution < 1.29 is 22.9 Å².